The van der Waals surface area contributed by atoms with Gasteiger partial charge in [0.1, 0.15) is 11.5 Å². The Morgan fingerprint density at radius 1 is 1.11 bits per heavy atom. The third kappa shape index (κ3) is 3.78. The van der Waals surface area contributed by atoms with Gasteiger partial charge in [0.05, 0.1) is 12.4 Å². The molecule has 5 nitrogen and oxygen atoms in total. The van der Waals surface area contributed by atoms with Gasteiger partial charge in [0, 0.05) is 23.8 Å². The minimum atomic E-state index is -0.302. The second-order valence-corrected chi connectivity index (χ2v) is 7.05. The Morgan fingerprint density at radius 3 is 2.70 bits per heavy atom. The van der Waals surface area contributed by atoms with E-state index < -0.39 is 0 Å². The number of hydrogen-bond acceptors (Lipinski definition) is 4. The van der Waals surface area contributed by atoms with Gasteiger partial charge in [-0.2, -0.15) is 0 Å². The van der Waals surface area contributed by atoms with E-state index in [1.807, 2.05) is 13.0 Å². The summed E-state index contributed by atoms with van der Waals surface area (Å²) in [6.45, 7) is 3.60. The van der Waals surface area contributed by atoms with Crippen molar-refractivity contribution in [3.8, 4) is 0 Å². The maximum absolute atomic E-state index is 12.5. The van der Waals surface area contributed by atoms with Gasteiger partial charge in [0.25, 0.3) is 5.91 Å². The van der Waals surface area contributed by atoms with Crippen LogP contribution in [-0.4, -0.2) is 22.4 Å². The van der Waals surface area contributed by atoms with Gasteiger partial charge in [-0.3, -0.25) is 4.79 Å². The molecule has 1 N–H and O–H groups in total. The smallest absolute Gasteiger partial charge is 0.275 e. The number of nitrogens with one attached hydrogen (secondary N) is 1. The molecule has 6 heteroatoms. The molecule has 136 valence electrons. The van der Waals surface area contributed by atoms with Gasteiger partial charge in [-0.25, -0.2) is 9.97 Å². The molecule has 27 heavy (non-hydrogen) atoms. The number of nitrogens with zero attached hydrogens (tertiary/aromatic N) is 3. The Morgan fingerprint density at radius 2 is 1.93 bits per heavy atom. The minimum absolute atomic E-state index is 0.274. The van der Waals surface area contributed by atoms with E-state index in [1.165, 1.54) is 17.3 Å². The molecule has 0 aliphatic carbocycles. The van der Waals surface area contributed by atoms with E-state index >= 15 is 0 Å². The zero-order valence-corrected chi connectivity index (χ0v) is 15.7. The highest BCUT2D eigenvalue weighted by atomic mass is 35.5. The first-order valence-corrected chi connectivity index (χ1v) is 9.19. The van der Waals surface area contributed by atoms with Crippen molar-refractivity contribution in [3.05, 3.63) is 82.3 Å². The number of fused-ring (bicyclic) bond motifs is 1. The fourth-order valence-electron chi connectivity index (χ4n) is 3.21. The third-order valence-electron chi connectivity index (χ3n) is 4.77. The number of carbonyl (C=O) groups excluding carboxylic acids is 1. The minimum Gasteiger partial charge on any atom is -0.351 e. The zero-order valence-electron chi connectivity index (χ0n) is 14.9. The van der Waals surface area contributed by atoms with Crippen molar-refractivity contribution >= 4 is 29.0 Å². The van der Waals surface area contributed by atoms with Crippen molar-refractivity contribution in [3.63, 3.8) is 0 Å². The summed E-state index contributed by atoms with van der Waals surface area (Å²) in [7, 11) is 0. The van der Waals surface area contributed by atoms with Crippen LogP contribution in [0.3, 0.4) is 0 Å². The molecule has 1 amide bonds. The molecule has 2 aromatic carbocycles. The summed E-state index contributed by atoms with van der Waals surface area (Å²) >= 11 is 6.00. The molecule has 1 aliphatic rings. The van der Waals surface area contributed by atoms with Crippen LogP contribution in [0.15, 0.2) is 54.9 Å². The first-order valence-electron chi connectivity index (χ1n) is 8.81. The molecule has 0 atom stereocenters. The highest BCUT2D eigenvalue weighted by Gasteiger charge is 2.18. The monoisotopic (exact) mass is 378 g/mol. The Hall–Kier alpha value is -2.92. The lowest BCUT2D eigenvalue weighted by Gasteiger charge is -2.29. The number of benzene rings is 2. The Labute approximate surface area is 163 Å². The van der Waals surface area contributed by atoms with Crippen molar-refractivity contribution in [2.45, 2.75) is 19.9 Å². The fourth-order valence-corrected chi connectivity index (χ4v) is 3.38. The summed E-state index contributed by atoms with van der Waals surface area (Å²) in [5.74, 6) is 0.475. The second-order valence-electron chi connectivity index (χ2n) is 6.61. The largest absolute Gasteiger partial charge is 0.351 e. The van der Waals surface area contributed by atoms with Crippen molar-refractivity contribution in [1.29, 1.82) is 0 Å². The third-order valence-corrected chi connectivity index (χ3v) is 5.01. The van der Waals surface area contributed by atoms with E-state index in [2.05, 4.69) is 44.5 Å². The lowest BCUT2D eigenvalue weighted by atomic mass is 10.0. The molecule has 0 fully saturated rings. The lowest BCUT2D eigenvalue weighted by Crippen LogP contribution is -2.31. The summed E-state index contributed by atoms with van der Waals surface area (Å²) < 4.78 is 0. The van der Waals surface area contributed by atoms with E-state index in [9.17, 15) is 4.79 Å². The maximum Gasteiger partial charge on any atom is 0.275 e. The number of aryl methyl sites for hydroxylation is 1. The molecule has 0 bridgehead atoms. The molecule has 2 heterocycles. The van der Waals surface area contributed by atoms with E-state index in [4.69, 9.17) is 11.6 Å². The van der Waals surface area contributed by atoms with Gasteiger partial charge in [-0.15, -0.1) is 0 Å². The average molecular weight is 379 g/mol. The summed E-state index contributed by atoms with van der Waals surface area (Å²) in [4.78, 5) is 23.4. The first kappa shape index (κ1) is 17.5. The van der Waals surface area contributed by atoms with E-state index in [1.54, 1.807) is 18.3 Å². The van der Waals surface area contributed by atoms with Crippen LogP contribution in [0.1, 0.15) is 27.2 Å². The fraction of sp³-hybridized carbons (Fsp3) is 0.190. The molecule has 1 aromatic heterocycles. The summed E-state index contributed by atoms with van der Waals surface area (Å²) in [5, 5.41) is 3.41. The Bertz CT molecular complexity index is 988. The maximum atomic E-state index is 12.5. The highest BCUT2D eigenvalue weighted by Crippen LogP contribution is 2.23. The van der Waals surface area contributed by atoms with E-state index in [0.29, 0.717) is 10.7 Å². The summed E-state index contributed by atoms with van der Waals surface area (Å²) in [5.41, 5.74) is 4.57. The molecule has 0 radical (unpaired) electrons. The van der Waals surface area contributed by atoms with Crippen molar-refractivity contribution < 1.29 is 4.79 Å². The Balaban J connectivity index is 1.48. The van der Waals surface area contributed by atoms with Crippen LogP contribution in [-0.2, 0) is 13.0 Å². The molecular weight excluding hydrogens is 360 g/mol. The van der Waals surface area contributed by atoms with Crippen molar-refractivity contribution in [1.82, 2.24) is 9.97 Å². The van der Waals surface area contributed by atoms with Crippen LogP contribution in [0.25, 0.3) is 0 Å². The van der Waals surface area contributed by atoms with Crippen LogP contribution >= 0.6 is 11.6 Å². The quantitative estimate of drug-likeness (QED) is 0.740. The molecule has 1 aliphatic heterocycles. The van der Waals surface area contributed by atoms with Gasteiger partial charge < -0.3 is 10.2 Å². The first-order chi connectivity index (χ1) is 13.1. The zero-order chi connectivity index (χ0) is 18.8. The number of amides is 1. The predicted molar refractivity (Wildman–Crippen MR) is 107 cm³/mol. The topological polar surface area (TPSA) is 58.1 Å². The second kappa shape index (κ2) is 7.37. The molecular formula is C21H19ClN4O. The van der Waals surface area contributed by atoms with Crippen LogP contribution in [0.2, 0.25) is 5.02 Å². The average Bonchev–Trinajstić information content (AvgIpc) is 2.70. The van der Waals surface area contributed by atoms with E-state index in [-0.39, 0.29) is 11.6 Å². The van der Waals surface area contributed by atoms with Gasteiger partial charge in [-0.05, 0) is 42.2 Å². The highest BCUT2D eigenvalue weighted by molar-refractivity contribution is 6.31. The number of halogens is 1. The van der Waals surface area contributed by atoms with Crippen molar-refractivity contribution in [2.75, 3.05) is 16.8 Å². The van der Waals surface area contributed by atoms with E-state index in [0.717, 1.165) is 30.9 Å². The molecule has 0 unspecified atom stereocenters. The van der Waals surface area contributed by atoms with Crippen LogP contribution in [0.4, 0.5) is 11.5 Å². The molecule has 4 rings (SSSR count). The molecule has 0 saturated heterocycles. The van der Waals surface area contributed by atoms with Gasteiger partial charge in [-0.1, -0.05) is 41.9 Å². The summed E-state index contributed by atoms with van der Waals surface area (Å²) in [6.07, 6.45) is 4.16. The van der Waals surface area contributed by atoms with Crippen LogP contribution in [0, 0.1) is 6.92 Å². The lowest BCUT2D eigenvalue weighted by molar-refractivity contribution is 0.102. The SMILES string of the molecule is Cc1ccc(Cl)cc1NC(=O)c1cnc(N2CCc3ccccc3C2)cn1. The standard InChI is InChI=1S/C21H19ClN4O/c1-14-6-7-17(22)10-18(14)25-21(27)19-11-24-20(12-23-19)26-9-8-15-4-2-3-5-16(15)13-26/h2-7,10-12H,8-9,13H2,1H3,(H,25,27). The molecule has 3 aromatic rings. The number of anilines is 2. The van der Waals surface area contributed by atoms with Crippen LogP contribution < -0.4 is 10.2 Å². The summed E-state index contributed by atoms with van der Waals surface area (Å²) in [6, 6.07) is 13.8. The number of carbonyl (C=O) groups is 1. The normalized spacial score (nSPS) is 13.2. The number of aromatic nitrogens is 2. The van der Waals surface area contributed by atoms with Crippen molar-refractivity contribution in [2.24, 2.45) is 0 Å². The molecule has 0 spiro atoms. The predicted octanol–water partition coefficient (Wildman–Crippen LogP) is 4.25. The Kier molecular flexibility index (Phi) is 4.77. The number of rotatable bonds is 3. The van der Waals surface area contributed by atoms with Gasteiger partial charge in [0.2, 0.25) is 0 Å². The number of hydrogen-bond donors (Lipinski definition) is 1. The van der Waals surface area contributed by atoms with Gasteiger partial charge in [0.15, 0.2) is 0 Å². The van der Waals surface area contributed by atoms with Gasteiger partial charge >= 0.3 is 0 Å². The molecule has 0 saturated carbocycles. The van der Waals surface area contributed by atoms with Crippen LogP contribution in [0.5, 0.6) is 0 Å².